The Balaban J connectivity index is 2.56. The third-order valence-electron chi connectivity index (χ3n) is 2.99. The number of ketones is 1. The fraction of sp³-hybridized carbons (Fsp3) is 0.133. The molecule has 0 saturated carbocycles. The Labute approximate surface area is 125 Å². The number of benzene rings is 2. The average molecular weight is 339 g/mol. The summed E-state index contributed by atoms with van der Waals surface area (Å²) in [6, 6.07) is 8.73. The minimum absolute atomic E-state index is 0.106. The first-order chi connectivity index (χ1) is 8.90. The largest absolute Gasteiger partial charge is 0.399 e. The van der Waals surface area contributed by atoms with Crippen LogP contribution in [0.25, 0.3) is 0 Å². The first-order valence-corrected chi connectivity index (χ1v) is 6.93. The van der Waals surface area contributed by atoms with Crippen molar-refractivity contribution >= 4 is 39.0 Å². The number of carbonyl (C=O) groups is 1. The number of carbonyl (C=O) groups excluding carboxylic acids is 1. The predicted octanol–water partition coefficient (Wildman–Crippen LogP) is 4.53. The van der Waals surface area contributed by atoms with E-state index >= 15 is 0 Å². The van der Waals surface area contributed by atoms with E-state index in [1.54, 1.807) is 18.2 Å². The molecule has 2 aromatic rings. The van der Waals surface area contributed by atoms with Crippen LogP contribution < -0.4 is 5.73 Å². The van der Waals surface area contributed by atoms with Crippen molar-refractivity contribution in [2.75, 3.05) is 5.73 Å². The Morgan fingerprint density at radius 3 is 2.47 bits per heavy atom. The van der Waals surface area contributed by atoms with Crippen LogP contribution in [0.2, 0.25) is 5.02 Å². The third-order valence-corrected chi connectivity index (χ3v) is 4.17. The quantitative estimate of drug-likeness (QED) is 0.645. The van der Waals surface area contributed by atoms with E-state index < -0.39 is 0 Å². The van der Waals surface area contributed by atoms with Gasteiger partial charge in [0.2, 0.25) is 0 Å². The van der Waals surface area contributed by atoms with Crippen molar-refractivity contribution in [3.63, 3.8) is 0 Å². The van der Waals surface area contributed by atoms with Crippen LogP contribution in [-0.2, 0) is 0 Å². The van der Waals surface area contributed by atoms with E-state index in [1.807, 2.05) is 26.0 Å². The fourth-order valence-electron chi connectivity index (χ4n) is 1.89. The number of nitrogens with two attached hydrogens (primary N) is 1. The summed E-state index contributed by atoms with van der Waals surface area (Å²) in [5.74, 6) is -0.106. The molecule has 0 amide bonds. The van der Waals surface area contributed by atoms with Gasteiger partial charge in [-0.05, 0) is 55.3 Å². The molecule has 4 heteroatoms. The Morgan fingerprint density at radius 1 is 1.11 bits per heavy atom. The zero-order chi connectivity index (χ0) is 14.2. The van der Waals surface area contributed by atoms with E-state index in [0.29, 0.717) is 21.8 Å². The predicted molar refractivity (Wildman–Crippen MR) is 82.9 cm³/mol. The molecule has 0 heterocycles. The van der Waals surface area contributed by atoms with Gasteiger partial charge in [-0.2, -0.15) is 0 Å². The molecule has 0 radical (unpaired) electrons. The Hall–Kier alpha value is -1.32. The lowest BCUT2D eigenvalue weighted by Crippen LogP contribution is -2.06. The molecular weight excluding hydrogens is 326 g/mol. The number of hydrogen-bond donors (Lipinski definition) is 1. The van der Waals surface area contributed by atoms with Gasteiger partial charge in [0, 0.05) is 21.3 Å². The second kappa shape index (κ2) is 5.35. The van der Waals surface area contributed by atoms with Crippen LogP contribution in [0.15, 0.2) is 34.8 Å². The van der Waals surface area contributed by atoms with Crippen LogP contribution in [-0.4, -0.2) is 5.78 Å². The normalized spacial score (nSPS) is 10.5. The lowest BCUT2D eigenvalue weighted by molar-refractivity contribution is 0.103. The summed E-state index contributed by atoms with van der Waals surface area (Å²) in [5.41, 5.74) is 9.24. The molecule has 0 aromatic heterocycles. The van der Waals surface area contributed by atoms with Crippen LogP contribution in [0.5, 0.6) is 0 Å². The molecule has 0 fully saturated rings. The zero-order valence-corrected chi connectivity index (χ0v) is 13.0. The SMILES string of the molecule is Cc1cc(C(=O)c2cc(N)ccc2Cl)c(C)cc1Br. The molecule has 0 aliphatic heterocycles. The van der Waals surface area contributed by atoms with E-state index in [0.717, 1.165) is 15.6 Å². The molecule has 0 aliphatic carbocycles. The number of rotatable bonds is 2. The van der Waals surface area contributed by atoms with Crippen molar-refractivity contribution in [3.05, 3.63) is 62.1 Å². The highest BCUT2D eigenvalue weighted by molar-refractivity contribution is 9.10. The number of aryl methyl sites for hydroxylation is 2. The Morgan fingerprint density at radius 2 is 1.79 bits per heavy atom. The molecule has 0 spiro atoms. The van der Waals surface area contributed by atoms with Crippen molar-refractivity contribution in [1.82, 2.24) is 0 Å². The van der Waals surface area contributed by atoms with Gasteiger partial charge < -0.3 is 5.73 Å². The average Bonchev–Trinajstić information content (AvgIpc) is 2.36. The van der Waals surface area contributed by atoms with Gasteiger partial charge in [-0.15, -0.1) is 0 Å². The van der Waals surface area contributed by atoms with Gasteiger partial charge >= 0.3 is 0 Å². The van der Waals surface area contributed by atoms with Crippen molar-refractivity contribution in [2.45, 2.75) is 13.8 Å². The minimum atomic E-state index is -0.106. The van der Waals surface area contributed by atoms with Crippen molar-refractivity contribution in [3.8, 4) is 0 Å². The smallest absolute Gasteiger partial charge is 0.194 e. The van der Waals surface area contributed by atoms with Crippen LogP contribution in [0.3, 0.4) is 0 Å². The summed E-state index contributed by atoms with van der Waals surface area (Å²) < 4.78 is 0.986. The lowest BCUT2D eigenvalue weighted by Gasteiger charge is -2.10. The van der Waals surface area contributed by atoms with Gasteiger partial charge in [0.05, 0.1) is 5.02 Å². The molecule has 0 saturated heterocycles. The molecule has 0 atom stereocenters. The second-order valence-electron chi connectivity index (χ2n) is 4.48. The van der Waals surface area contributed by atoms with Crippen LogP contribution in [0.4, 0.5) is 5.69 Å². The van der Waals surface area contributed by atoms with Gasteiger partial charge in [-0.1, -0.05) is 27.5 Å². The van der Waals surface area contributed by atoms with E-state index in [2.05, 4.69) is 15.9 Å². The molecule has 2 aromatic carbocycles. The monoisotopic (exact) mass is 337 g/mol. The third kappa shape index (κ3) is 2.82. The Bertz CT molecular complexity index is 667. The van der Waals surface area contributed by atoms with E-state index in [9.17, 15) is 4.79 Å². The van der Waals surface area contributed by atoms with Gasteiger partial charge in [-0.3, -0.25) is 4.79 Å². The Kier molecular flexibility index (Phi) is 3.97. The maximum Gasteiger partial charge on any atom is 0.194 e. The summed E-state index contributed by atoms with van der Waals surface area (Å²) in [4.78, 5) is 12.5. The van der Waals surface area contributed by atoms with Crippen molar-refractivity contribution in [2.24, 2.45) is 0 Å². The zero-order valence-electron chi connectivity index (χ0n) is 10.6. The molecule has 2 nitrogen and oxygen atoms in total. The molecule has 2 N–H and O–H groups in total. The second-order valence-corrected chi connectivity index (χ2v) is 5.75. The van der Waals surface area contributed by atoms with E-state index in [-0.39, 0.29) is 5.78 Å². The number of nitrogen functional groups attached to an aromatic ring is 1. The van der Waals surface area contributed by atoms with Crippen molar-refractivity contribution < 1.29 is 4.79 Å². The van der Waals surface area contributed by atoms with Crippen LogP contribution in [0.1, 0.15) is 27.0 Å². The molecular formula is C15H13BrClNO. The van der Waals surface area contributed by atoms with Crippen LogP contribution >= 0.6 is 27.5 Å². The molecule has 0 bridgehead atoms. The number of halogens is 2. The highest BCUT2D eigenvalue weighted by Crippen LogP contribution is 2.26. The highest BCUT2D eigenvalue weighted by Gasteiger charge is 2.16. The molecule has 0 aliphatic rings. The van der Waals surface area contributed by atoms with Gasteiger partial charge in [-0.25, -0.2) is 0 Å². The molecule has 2 rings (SSSR count). The maximum atomic E-state index is 12.5. The summed E-state index contributed by atoms with van der Waals surface area (Å²) in [7, 11) is 0. The lowest BCUT2D eigenvalue weighted by atomic mass is 9.97. The van der Waals surface area contributed by atoms with Gasteiger partial charge in [0.25, 0.3) is 0 Å². The number of anilines is 1. The summed E-state index contributed by atoms with van der Waals surface area (Å²) in [6.45, 7) is 3.85. The molecule has 19 heavy (non-hydrogen) atoms. The standard InChI is InChI=1S/C15H13BrClNO/c1-8-6-13(16)9(2)5-11(8)15(19)12-7-10(18)3-4-14(12)17/h3-7H,18H2,1-2H3. The summed E-state index contributed by atoms with van der Waals surface area (Å²) in [6.07, 6.45) is 0. The minimum Gasteiger partial charge on any atom is -0.399 e. The fourth-order valence-corrected chi connectivity index (χ4v) is 2.55. The molecule has 0 unspecified atom stereocenters. The van der Waals surface area contributed by atoms with E-state index in [1.165, 1.54) is 0 Å². The molecule has 98 valence electrons. The first-order valence-electron chi connectivity index (χ1n) is 5.76. The van der Waals surface area contributed by atoms with Crippen LogP contribution in [0, 0.1) is 13.8 Å². The highest BCUT2D eigenvalue weighted by atomic mass is 79.9. The van der Waals surface area contributed by atoms with Gasteiger partial charge in [0.15, 0.2) is 5.78 Å². The summed E-state index contributed by atoms with van der Waals surface area (Å²) in [5, 5.41) is 0.416. The number of hydrogen-bond acceptors (Lipinski definition) is 2. The summed E-state index contributed by atoms with van der Waals surface area (Å²) >= 11 is 9.53. The van der Waals surface area contributed by atoms with E-state index in [4.69, 9.17) is 17.3 Å². The van der Waals surface area contributed by atoms with Gasteiger partial charge in [0.1, 0.15) is 0 Å². The van der Waals surface area contributed by atoms with Crippen molar-refractivity contribution in [1.29, 1.82) is 0 Å². The maximum absolute atomic E-state index is 12.5. The topological polar surface area (TPSA) is 43.1 Å². The first kappa shape index (κ1) is 14.1.